The highest BCUT2D eigenvalue weighted by Crippen LogP contribution is 2.25. The number of rotatable bonds is 4. The van der Waals surface area contributed by atoms with Gasteiger partial charge in [-0.2, -0.15) is 0 Å². The van der Waals surface area contributed by atoms with E-state index < -0.39 is 0 Å². The van der Waals surface area contributed by atoms with Gasteiger partial charge in [-0.05, 0) is 55.3 Å². The van der Waals surface area contributed by atoms with Gasteiger partial charge in [-0.3, -0.25) is 9.78 Å². The van der Waals surface area contributed by atoms with Gasteiger partial charge in [0.1, 0.15) is 5.76 Å². The molecular weight excluding hydrogens is 288 g/mol. The summed E-state index contributed by atoms with van der Waals surface area (Å²) in [6, 6.07) is 13.4. The number of hydrogen-bond donors (Lipinski definition) is 1. The van der Waals surface area contributed by atoms with Gasteiger partial charge < -0.3 is 9.73 Å². The van der Waals surface area contributed by atoms with Crippen molar-refractivity contribution < 1.29 is 9.21 Å². The Balaban J connectivity index is 1.83. The van der Waals surface area contributed by atoms with E-state index in [1.807, 2.05) is 6.07 Å². The molecule has 4 nitrogen and oxygen atoms in total. The lowest BCUT2D eigenvalue weighted by atomic mass is 10.0. The molecule has 3 rings (SSSR count). The molecule has 23 heavy (non-hydrogen) atoms. The molecule has 2 heterocycles. The van der Waals surface area contributed by atoms with Crippen molar-refractivity contribution in [2.75, 3.05) is 5.32 Å². The predicted octanol–water partition coefficient (Wildman–Crippen LogP) is 4.46. The second-order valence-corrected chi connectivity index (χ2v) is 5.42. The number of aromatic nitrogens is 1. The molecule has 0 spiro atoms. The van der Waals surface area contributed by atoms with Crippen molar-refractivity contribution in [2.45, 2.75) is 20.3 Å². The average molecular weight is 306 g/mol. The van der Waals surface area contributed by atoms with Gasteiger partial charge in [-0.25, -0.2) is 0 Å². The van der Waals surface area contributed by atoms with Crippen LogP contribution in [0.5, 0.6) is 0 Å². The van der Waals surface area contributed by atoms with Crippen molar-refractivity contribution in [3.8, 4) is 11.3 Å². The van der Waals surface area contributed by atoms with Gasteiger partial charge in [0.25, 0.3) is 5.91 Å². The van der Waals surface area contributed by atoms with Gasteiger partial charge >= 0.3 is 0 Å². The highest BCUT2D eigenvalue weighted by molar-refractivity contribution is 6.02. The molecule has 0 radical (unpaired) electrons. The number of pyridine rings is 1. The van der Waals surface area contributed by atoms with Crippen LogP contribution in [0.2, 0.25) is 0 Å². The molecule has 0 aliphatic rings. The van der Waals surface area contributed by atoms with E-state index in [4.69, 9.17) is 4.42 Å². The van der Waals surface area contributed by atoms with Gasteiger partial charge in [0, 0.05) is 11.8 Å². The third-order valence-corrected chi connectivity index (χ3v) is 3.58. The number of amides is 1. The molecule has 0 aliphatic carbocycles. The summed E-state index contributed by atoms with van der Waals surface area (Å²) in [5.41, 5.74) is 4.05. The SMILES string of the molecule is CCc1cc(C)cc(-c2ccc(C(=O)Nc3cccnc3)o2)c1. The van der Waals surface area contributed by atoms with E-state index in [0.717, 1.165) is 12.0 Å². The number of furan rings is 1. The van der Waals surface area contributed by atoms with Crippen LogP contribution in [0.3, 0.4) is 0 Å². The Kier molecular flexibility index (Phi) is 4.24. The molecule has 0 atom stereocenters. The lowest BCUT2D eigenvalue weighted by Crippen LogP contribution is -2.10. The Morgan fingerprint density at radius 1 is 1.22 bits per heavy atom. The normalized spacial score (nSPS) is 10.5. The quantitative estimate of drug-likeness (QED) is 0.774. The van der Waals surface area contributed by atoms with Crippen LogP contribution >= 0.6 is 0 Å². The van der Waals surface area contributed by atoms with E-state index in [0.29, 0.717) is 11.4 Å². The van der Waals surface area contributed by atoms with Gasteiger partial charge in [-0.15, -0.1) is 0 Å². The van der Waals surface area contributed by atoms with Gasteiger partial charge in [0.2, 0.25) is 0 Å². The minimum atomic E-state index is -0.285. The average Bonchev–Trinajstić information content (AvgIpc) is 3.05. The molecule has 0 bridgehead atoms. The number of benzene rings is 1. The summed E-state index contributed by atoms with van der Waals surface area (Å²) in [4.78, 5) is 16.2. The Bertz CT molecular complexity index is 822. The number of nitrogens with one attached hydrogen (secondary N) is 1. The summed E-state index contributed by atoms with van der Waals surface area (Å²) in [7, 11) is 0. The zero-order chi connectivity index (χ0) is 16.2. The monoisotopic (exact) mass is 306 g/mol. The number of hydrogen-bond acceptors (Lipinski definition) is 3. The number of anilines is 1. The van der Waals surface area contributed by atoms with Crippen molar-refractivity contribution in [1.29, 1.82) is 0 Å². The van der Waals surface area contributed by atoms with Crippen molar-refractivity contribution in [1.82, 2.24) is 4.98 Å². The Hall–Kier alpha value is -2.88. The molecule has 4 heteroatoms. The number of carbonyl (C=O) groups excluding carboxylic acids is 1. The molecule has 2 aromatic heterocycles. The van der Waals surface area contributed by atoms with Crippen LogP contribution < -0.4 is 5.32 Å². The second kappa shape index (κ2) is 6.48. The van der Waals surface area contributed by atoms with Crippen LogP contribution in [-0.4, -0.2) is 10.9 Å². The zero-order valence-electron chi connectivity index (χ0n) is 13.2. The molecule has 0 fully saturated rings. The Morgan fingerprint density at radius 3 is 2.83 bits per heavy atom. The molecule has 0 saturated carbocycles. The van der Waals surface area contributed by atoms with Crippen molar-refractivity contribution in [3.05, 3.63) is 71.7 Å². The fourth-order valence-corrected chi connectivity index (χ4v) is 2.45. The van der Waals surface area contributed by atoms with E-state index in [2.05, 4.69) is 42.3 Å². The Morgan fingerprint density at radius 2 is 2.09 bits per heavy atom. The first kappa shape index (κ1) is 15.0. The highest BCUT2D eigenvalue weighted by atomic mass is 16.3. The molecule has 0 saturated heterocycles. The van der Waals surface area contributed by atoms with Gasteiger partial charge in [-0.1, -0.05) is 18.6 Å². The van der Waals surface area contributed by atoms with Gasteiger partial charge in [0.05, 0.1) is 11.9 Å². The number of nitrogens with zero attached hydrogens (tertiary/aromatic N) is 1. The van der Waals surface area contributed by atoms with Crippen LogP contribution in [0.4, 0.5) is 5.69 Å². The molecule has 1 amide bonds. The first-order valence-corrected chi connectivity index (χ1v) is 7.58. The second-order valence-electron chi connectivity index (χ2n) is 5.42. The van der Waals surface area contributed by atoms with Crippen LogP contribution in [0, 0.1) is 6.92 Å². The summed E-state index contributed by atoms with van der Waals surface area (Å²) < 4.78 is 5.73. The summed E-state index contributed by atoms with van der Waals surface area (Å²) in [6.45, 7) is 4.18. The minimum absolute atomic E-state index is 0.281. The lowest BCUT2D eigenvalue weighted by molar-refractivity contribution is 0.0997. The highest BCUT2D eigenvalue weighted by Gasteiger charge is 2.13. The van der Waals surface area contributed by atoms with Crippen molar-refractivity contribution >= 4 is 11.6 Å². The first-order valence-electron chi connectivity index (χ1n) is 7.58. The van der Waals surface area contributed by atoms with Gasteiger partial charge in [0.15, 0.2) is 5.76 Å². The summed E-state index contributed by atoms with van der Waals surface area (Å²) in [5, 5.41) is 2.76. The molecule has 0 unspecified atom stereocenters. The maximum atomic E-state index is 12.2. The van der Waals surface area contributed by atoms with E-state index in [1.54, 1.807) is 30.6 Å². The molecule has 1 aromatic carbocycles. The first-order chi connectivity index (χ1) is 11.2. The maximum absolute atomic E-state index is 12.2. The molecule has 116 valence electrons. The zero-order valence-corrected chi connectivity index (χ0v) is 13.2. The largest absolute Gasteiger partial charge is 0.451 e. The van der Waals surface area contributed by atoms with Crippen LogP contribution in [0.1, 0.15) is 28.6 Å². The minimum Gasteiger partial charge on any atom is -0.451 e. The van der Waals surface area contributed by atoms with Crippen LogP contribution in [-0.2, 0) is 6.42 Å². The lowest BCUT2D eigenvalue weighted by Gasteiger charge is -2.04. The fourth-order valence-electron chi connectivity index (χ4n) is 2.45. The molecular formula is C19H18N2O2. The standard InChI is InChI=1S/C19H18N2O2/c1-3-14-9-13(2)10-15(11-14)17-6-7-18(23-17)19(22)21-16-5-4-8-20-12-16/h4-12H,3H2,1-2H3,(H,21,22). The third-order valence-electron chi connectivity index (χ3n) is 3.58. The molecule has 1 N–H and O–H groups in total. The fraction of sp³-hybridized carbons (Fsp3) is 0.158. The smallest absolute Gasteiger partial charge is 0.291 e. The number of aryl methyl sites for hydroxylation is 2. The maximum Gasteiger partial charge on any atom is 0.291 e. The van der Waals surface area contributed by atoms with Crippen molar-refractivity contribution in [2.24, 2.45) is 0 Å². The molecule has 3 aromatic rings. The molecule has 0 aliphatic heterocycles. The van der Waals surface area contributed by atoms with Crippen molar-refractivity contribution in [3.63, 3.8) is 0 Å². The third kappa shape index (κ3) is 3.48. The number of carbonyl (C=O) groups is 1. The van der Waals surface area contributed by atoms with E-state index in [1.165, 1.54) is 11.1 Å². The Labute approximate surface area is 135 Å². The van der Waals surface area contributed by atoms with E-state index in [9.17, 15) is 4.79 Å². The predicted molar refractivity (Wildman–Crippen MR) is 90.4 cm³/mol. The summed E-state index contributed by atoms with van der Waals surface area (Å²) in [5.74, 6) is 0.691. The topological polar surface area (TPSA) is 55.1 Å². The van der Waals surface area contributed by atoms with Crippen LogP contribution in [0.25, 0.3) is 11.3 Å². The summed E-state index contributed by atoms with van der Waals surface area (Å²) in [6.07, 6.45) is 4.21. The van der Waals surface area contributed by atoms with Crippen LogP contribution in [0.15, 0.2) is 59.3 Å². The summed E-state index contributed by atoms with van der Waals surface area (Å²) >= 11 is 0. The van der Waals surface area contributed by atoms with E-state index in [-0.39, 0.29) is 11.7 Å². The van der Waals surface area contributed by atoms with E-state index >= 15 is 0 Å².